The van der Waals surface area contributed by atoms with Gasteiger partial charge in [-0.15, -0.1) is 0 Å². The van der Waals surface area contributed by atoms with E-state index >= 15 is 0 Å². The summed E-state index contributed by atoms with van der Waals surface area (Å²) in [4.78, 5) is 11.9. The minimum atomic E-state index is -0.445. The van der Waals surface area contributed by atoms with E-state index < -0.39 is 5.97 Å². The predicted molar refractivity (Wildman–Crippen MR) is 68.5 cm³/mol. The maximum absolute atomic E-state index is 11.9. The predicted octanol–water partition coefficient (Wildman–Crippen LogP) is 3.22. The number of carbonyl (C=O) groups excluding carboxylic acids is 1. The topological polar surface area (TPSA) is 50.1 Å². The minimum Gasteiger partial charge on any atom is -0.462 e. The fourth-order valence-electron chi connectivity index (χ4n) is 3.78. The van der Waals surface area contributed by atoms with Gasteiger partial charge in [-0.3, -0.25) is 0 Å². The van der Waals surface area contributed by atoms with Gasteiger partial charge >= 0.3 is 5.97 Å². The van der Waals surface area contributed by atoms with Gasteiger partial charge in [-0.1, -0.05) is 20.8 Å². The molecular weight excluding hydrogens is 226 g/mol. The number of nitrogens with zero attached hydrogens (tertiary/aromatic N) is 1. The van der Waals surface area contributed by atoms with Crippen LogP contribution in [-0.2, 0) is 9.53 Å². The van der Waals surface area contributed by atoms with Gasteiger partial charge in [0.1, 0.15) is 11.6 Å². The molecule has 0 aliphatic heterocycles. The van der Waals surface area contributed by atoms with Gasteiger partial charge in [0.05, 0.1) is 6.61 Å². The first-order chi connectivity index (χ1) is 8.38. The number of esters is 1. The standard InChI is InChI=1S/C15H21NO2/c1-5-18-13(17)11(9-16)12-8-10-6-7-15(12,4)14(10,2)3/h10H,5-8H2,1-4H3/b12-11+/t10-,15+/m0/s1. The summed E-state index contributed by atoms with van der Waals surface area (Å²) >= 11 is 0. The molecule has 98 valence electrons. The Hall–Kier alpha value is -1.30. The summed E-state index contributed by atoms with van der Waals surface area (Å²) in [5, 5.41) is 9.29. The van der Waals surface area contributed by atoms with E-state index in [-0.39, 0.29) is 16.4 Å². The number of fused-ring (bicyclic) bond motifs is 2. The first-order valence-electron chi connectivity index (χ1n) is 6.69. The van der Waals surface area contributed by atoms with E-state index in [9.17, 15) is 10.1 Å². The number of hydrogen-bond donors (Lipinski definition) is 0. The second-order valence-electron chi connectivity index (χ2n) is 6.18. The summed E-state index contributed by atoms with van der Waals surface area (Å²) in [5.41, 5.74) is 1.45. The highest BCUT2D eigenvalue weighted by atomic mass is 16.5. The molecule has 0 amide bonds. The molecule has 3 heteroatoms. The molecule has 2 atom stereocenters. The summed E-state index contributed by atoms with van der Waals surface area (Å²) in [5.74, 6) is 0.148. The number of nitriles is 1. The summed E-state index contributed by atoms with van der Waals surface area (Å²) < 4.78 is 5.01. The van der Waals surface area contributed by atoms with E-state index in [1.54, 1.807) is 6.92 Å². The Labute approximate surface area is 109 Å². The van der Waals surface area contributed by atoms with Crippen LogP contribution in [-0.4, -0.2) is 12.6 Å². The zero-order valence-corrected chi connectivity index (χ0v) is 11.7. The van der Waals surface area contributed by atoms with Gasteiger partial charge in [0, 0.05) is 0 Å². The van der Waals surface area contributed by atoms with Gasteiger partial charge in [-0.05, 0) is 48.5 Å². The van der Waals surface area contributed by atoms with Crippen LogP contribution in [0.3, 0.4) is 0 Å². The quantitative estimate of drug-likeness (QED) is 0.427. The molecule has 2 fully saturated rings. The van der Waals surface area contributed by atoms with Crippen molar-refractivity contribution in [3.05, 3.63) is 11.1 Å². The van der Waals surface area contributed by atoms with Gasteiger partial charge in [0.15, 0.2) is 0 Å². The second-order valence-corrected chi connectivity index (χ2v) is 6.18. The molecule has 2 bridgehead atoms. The molecule has 0 spiro atoms. The molecule has 0 aromatic heterocycles. The Morgan fingerprint density at radius 2 is 2.17 bits per heavy atom. The van der Waals surface area contributed by atoms with Crippen molar-refractivity contribution in [1.29, 1.82) is 5.26 Å². The van der Waals surface area contributed by atoms with Crippen molar-refractivity contribution >= 4 is 5.97 Å². The van der Waals surface area contributed by atoms with E-state index in [1.165, 1.54) is 6.42 Å². The van der Waals surface area contributed by atoms with Gasteiger partial charge in [0.2, 0.25) is 0 Å². The number of ether oxygens (including phenoxy) is 1. The largest absolute Gasteiger partial charge is 0.462 e. The molecule has 3 nitrogen and oxygen atoms in total. The van der Waals surface area contributed by atoms with Crippen molar-refractivity contribution in [3.8, 4) is 6.07 Å². The average molecular weight is 247 g/mol. The first kappa shape index (κ1) is 13.1. The van der Waals surface area contributed by atoms with Crippen LogP contribution in [0.25, 0.3) is 0 Å². The third-order valence-electron chi connectivity index (χ3n) is 5.45. The Morgan fingerprint density at radius 3 is 2.56 bits per heavy atom. The van der Waals surface area contributed by atoms with Gasteiger partial charge in [-0.2, -0.15) is 5.26 Å². The van der Waals surface area contributed by atoms with Gasteiger partial charge in [0.25, 0.3) is 0 Å². The maximum atomic E-state index is 11.9. The smallest absolute Gasteiger partial charge is 0.348 e. The van der Waals surface area contributed by atoms with Crippen LogP contribution >= 0.6 is 0 Å². The Morgan fingerprint density at radius 1 is 1.50 bits per heavy atom. The maximum Gasteiger partial charge on any atom is 0.348 e. The molecule has 0 heterocycles. The van der Waals surface area contributed by atoms with Gasteiger partial charge < -0.3 is 4.74 Å². The van der Waals surface area contributed by atoms with E-state index in [4.69, 9.17) is 4.74 Å². The Balaban J connectivity index is 2.46. The first-order valence-corrected chi connectivity index (χ1v) is 6.69. The lowest BCUT2D eigenvalue weighted by atomic mass is 9.68. The van der Waals surface area contributed by atoms with E-state index in [1.807, 2.05) is 0 Å². The molecule has 0 unspecified atom stereocenters. The zero-order valence-electron chi connectivity index (χ0n) is 11.7. The summed E-state index contributed by atoms with van der Waals surface area (Å²) in [7, 11) is 0. The van der Waals surface area contributed by atoms with E-state index in [2.05, 4.69) is 26.8 Å². The fraction of sp³-hybridized carbons (Fsp3) is 0.733. The average Bonchev–Trinajstić information content (AvgIpc) is 2.63. The molecule has 0 aromatic carbocycles. The lowest BCUT2D eigenvalue weighted by Gasteiger charge is -2.35. The molecule has 2 rings (SSSR count). The molecule has 2 saturated carbocycles. The molecule has 0 saturated heterocycles. The zero-order chi connectivity index (χ0) is 13.6. The van der Waals surface area contributed by atoms with Crippen LogP contribution in [0, 0.1) is 28.1 Å². The lowest BCUT2D eigenvalue weighted by Crippen LogP contribution is -2.29. The second kappa shape index (κ2) is 4.12. The molecular formula is C15H21NO2. The number of rotatable bonds is 2. The van der Waals surface area contributed by atoms with Crippen LogP contribution in [0.15, 0.2) is 11.1 Å². The van der Waals surface area contributed by atoms with Crippen molar-refractivity contribution in [1.82, 2.24) is 0 Å². The highest BCUT2D eigenvalue weighted by Crippen LogP contribution is 2.68. The lowest BCUT2D eigenvalue weighted by molar-refractivity contribution is -0.138. The summed E-state index contributed by atoms with van der Waals surface area (Å²) in [6.07, 6.45) is 3.16. The van der Waals surface area contributed by atoms with Crippen LogP contribution in [0.2, 0.25) is 0 Å². The molecule has 0 radical (unpaired) electrons. The molecule has 18 heavy (non-hydrogen) atoms. The third-order valence-corrected chi connectivity index (χ3v) is 5.45. The Kier molecular flexibility index (Phi) is 3.01. The van der Waals surface area contributed by atoms with Crippen LogP contribution in [0.4, 0.5) is 0 Å². The molecule has 0 aromatic rings. The highest BCUT2D eigenvalue weighted by Gasteiger charge is 2.60. The van der Waals surface area contributed by atoms with Crippen molar-refractivity contribution in [2.45, 2.75) is 47.0 Å². The van der Waals surface area contributed by atoms with Crippen molar-refractivity contribution in [3.63, 3.8) is 0 Å². The highest BCUT2D eigenvalue weighted by molar-refractivity contribution is 5.94. The van der Waals surface area contributed by atoms with Crippen LogP contribution in [0.5, 0.6) is 0 Å². The minimum absolute atomic E-state index is 0.0184. The normalized spacial score (nSPS) is 35.2. The van der Waals surface area contributed by atoms with Crippen LogP contribution < -0.4 is 0 Å². The Bertz CT molecular complexity index is 456. The van der Waals surface area contributed by atoms with E-state index in [0.717, 1.165) is 18.4 Å². The molecule has 2 aliphatic rings. The molecule has 0 N–H and O–H groups in total. The number of hydrogen-bond acceptors (Lipinski definition) is 3. The van der Waals surface area contributed by atoms with E-state index in [0.29, 0.717) is 12.5 Å². The van der Waals surface area contributed by atoms with Crippen molar-refractivity contribution in [2.24, 2.45) is 16.7 Å². The summed E-state index contributed by atoms with van der Waals surface area (Å²) in [6, 6.07) is 2.08. The fourth-order valence-corrected chi connectivity index (χ4v) is 3.78. The number of carbonyl (C=O) groups is 1. The molecule has 2 aliphatic carbocycles. The third kappa shape index (κ3) is 1.51. The van der Waals surface area contributed by atoms with Crippen molar-refractivity contribution in [2.75, 3.05) is 6.61 Å². The van der Waals surface area contributed by atoms with Crippen LogP contribution in [0.1, 0.15) is 47.0 Å². The number of allylic oxidation sites excluding steroid dienone is 1. The summed E-state index contributed by atoms with van der Waals surface area (Å²) in [6.45, 7) is 8.81. The van der Waals surface area contributed by atoms with Crippen molar-refractivity contribution < 1.29 is 9.53 Å². The van der Waals surface area contributed by atoms with Gasteiger partial charge in [-0.25, -0.2) is 4.79 Å². The SMILES string of the molecule is CCOC(=O)/C(C#N)=C1\C[C@@H]2CC[C@@]1(C)C2(C)C. The monoisotopic (exact) mass is 247 g/mol.